The second-order valence-corrected chi connectivity index (χ2v) is 8.71. The van der Waals surface area contributed by atoms with Crippen molar-refractivity contribution in [3.05, 3.63) is 71.7 Å². The van der Waals surface area contributed by atoms with E-state index in [9.17, 15) is 22.7 Å². The molecule has 168 valence electrons. The molecule has 0 aliphatic carbocycles. The smallest absolute Gasteiger partial charge is 0.279 e. The summed E-state index contributed by atoms with van der Waals surface area (Å²) in [5.41, 5.74) is 2.28. The summed E-state index contributed by atoms with van der Waals surface area (Å²) < 4.78 is 37.3. The number of anilines is 3. The average Bonchev–Trinajstić information content (AvgIpc) is 2.77. The van der Waals surface area contributed by atoms with Gasteiger partial charge in [-0.25, -0.2) is 23.3 Å². The molecule has 3 rings (SSSR count). The van der Waals surface area contributed by atoms with Gasteiger partial charge in [0.05, 0.1) is 12.6 Å². The Labute approximate surface area is 183 Å². The largest absolute Gasteiger partial charge is 0.394 e. The first-order chi connectivity index (χ1) is 15.2. The van der Waals surface area contributed by atoms with Crippen LogP contribution in [0.25, 0.3) is 0 Å². The molecule has 32 heavy (non-hydrogen) atoms. The number of carbonyl (C=O) groups excluding carboxylic acids is 1. The van der Waals surface area contributed by atoms with Crippen LogP contribution < -0.4 is 16.1 Å². The number of hydroxylamine groups is 1. The molecule has 0 saturated carbocycles. The fourth-order valence-corrected chi connectivity index (χ4v) is 3.60. The third kappa shape index (κ3) is 5.35. The van der Waals surface area contributed by atoms with Gasteiger partial charge in [-0.3, -0.25) is 10.0 Å². The average molecular weight is 461 g/mol. The minimum Gasteiger partial charge on any atom is -0.394 e. The van der Waals surface area contributed by atoms with E-state index in [1.165, 1.54) is 11.5 Å². The normalized spacial score (nSPS) is 12.1. The van der Waals surface area contributed by atoms with Crippen molar-refractivity contribution in [3.63, 3.8) is 0 Å². The van der Waals surface area contributed by atoms with Crippen LogP contribution in [0.4, 0.5) is 21.8 Å². The fraction of sp³-hybridized carbons (Fsp3) is 0.150. The van der Waals surface area contributed by atoms with Gasteiger partial charge in [0.2, 0.25) is 5.95 Å². The molecule has 10 nitrogen and oxygen atoms in total. The first-order valence-corrected chi connectivity index (χ1v) is 11.1. The zero-order chi connectivity index (χ0) is 23.3. The van der Waals surface area contributed by atoms with E-state index in [-0.39, 0.29) is 29.6 Å². The quantitative estimate of drug-likeness (QED) is 0.250. The Hall–Kier alpha value is -3.61. The number of hydrogen-bond donors (Lipinski definition) is 5. The number of nitrogens with one attached hydrogen (secondary N) is 3. The fourth-order valence-electron chi connectivity index (χ4n) is 2.87. The Morgan fingerprint density at radius 1 is 1.19 bits per heavy atom. The summed E-state index contributed by atoms with van der Waals surface area (Å²) in [6, 6.07) is 11.7. The molecule has 0 fully saturated rings. The van der Waals surface area contributed by atoms with E-state index in [1.807, 2.05) is 6.07 Å². The molecule has 1 atom stereocenters. The van der Waals surface area contributed by atoms with Gasteiger partial charge >= 0.3 is 0 Å². The number of amides is 1. The molecule has 3 aromatic rings. The van der Waals surface area contributed by atoms with Crippen LogP contribution in [0, 0.1) is 5.82 Å². The van der Waals surface area contributed by atoms with Crippen molar-refractivity contribution in [1.29, 1.82) is 0 Å². The summed E-state index contributed by atoms with van der Waals surface area (Å²) in [7, 11) is -3.73. The second kappa shape index (κ2) is 9.68. The third-order valence-corrected chi connectivity index (χ3v) is 5.55. The van der Waals surface area contributed by atoms with Crippen LogP contribution in [0.2, 0.25) is 0 Å². The molecule has 0 unspecified atom stereocenters. The maximum Gasteiger partial charge on any atom is 0.279 e. The maximum absolute atomic E-state index is 14.2. The molecular weight excluding hydrogens is 441 g/mol. The van der Waals surface area contributed by atoms with Crippen LogP contribution in [-0.2, 0) is 9.84 Å². The number of aliphatic hydroxyl groups excluding tert-OH is 1. The Balaban J connectivity index is 1.93. The number of nitrogens with zero attached hydrogens (tertiary/aromatic N) is 2. The Kier molecular flexibility index (Phi) is 6.98. The zero-order valence-electron chi connectivity index (χ0n) is 16.8. The van der Waals surface area contributed by atoms with E-state index < -0.39 is 32.5 Å². The van der Waals surface area contributed by atoms with Gasteiger partial charge in [-0.15, -0.1) is 0 Å². The lowest BCUT2D eigenvalue weighted by atomic mass is 10.1. The number of carbonyl (C=O) groups is 1. The van der Waals surface area contributed by atoms with Gasteiger partial charge in [-0.1, -0.05) is 30.3 Å². The lowest BCUT2D eigenvalue weighted by Gasteiger charge is -2.19. The molecule has 0 radical (unpaired) electrons. The SMILES string of the molecule is CS(=O)(=O)c1ccc(Nc2ncc(C(=O)NO)c(N[C@H](CO)c3ccccc3)n2)cc1F. The topological polar surface area (TPSA) is 154 Å². The van der Waals surface area contributed by atoms with Gasteiger partial charge in [-0.05, 0) is 23.8 Å². The van der Waals surface area contributed by atoms with Crippen LogP contribution >= 0.6 is 0 Å². The molecule has 5 N–H and O–H groups in total. The van der Waals surface area contributed by atoms with Crippen molar-refractivity contribution in [2.75, 3.05) is 23.5 Å². The highest BCUT2D eigenvalue weighted by atomic mass is 32.2. The molecule has 2 aromatic carbocycles. The summed E-state index contributed by atoms with van der Waals surface area (Å²) in [6.45, 7) is -0.324. The van der Waals surface area contributed by atoms with Crippen LogP contribution in [0.15, 0.2) is 59.6 Å². The van der Waals surface area contributed by atoms with Gasteiger partial charge < -0.3 is 15.7 Å². The second-order valence-electron chi connectivity index (χ2n) is 6.73. The number of aromatic nitrogens is 2. The highest BCUT2D eigenvalue weighted by Crippen LogP contribution is 2.24. The minimum atomic E-state index is -3.73. The standard InChI is InChI=1S/C20H20FN5O5S/c1-32(30,31)17-8-7-13(9-15(17)21)23-20-22-10-14(19(28)26-29)18(25-20)24-16(11-27)12-5-3-2-4-6-12/h2-10,16,27,29H,11H2,1H3,(H,26,28)(H2,22,23,24,25)/t16-/m1/s1. The van der Waals surface area contributed by atoms with Gasteiger partial charge in [0.1, 0.15) is 22.1 Å². The molecule has 1 aromatic heterocycles. The van der Waals surface area contributed by atoms with Gasteiger partial charge in [0.25, 0.3) is 5.91 Å². The van der Waals surface area contributed by atoms with E-state index in [2.05, 4.69) is 20.6 Å². The molecule has 0 bridgehead atoms. The van der Waals surface area contributed by atoms with Crippen molar-refractivity contribution < 1.29 is 27.9 Å². The summed E-state index contributed by atoms with van der Waals surface area (Å²) in [6.07, 6.45) is 2.03. The molecule has 1 heterocycles. The molecule has 0 aliphatic heterocycles. The maximum atomic E-state index is 14.2. The first-order valence-electron chi connectivity index (χ1n) is 9.23. The van der Waals surface area contributed by atoms with E-state index >= 15 is 0 Å². The van der Waals surface area contributed by atoms with Crippen LogP contribution in [-0.4, -0.2) is 47.5 Å². The van der Waals surface area contributed by atoms with Gasteiger partial charge in [0, 0.05) is 18.1 Å². The lowest BCUT2D eigenvalue weighted by molar-refractivity contribution is 0.0706. The Morgan fingerprint density at radius 3 is 2.50 bits per heavy atom. The molecule has 0 saturated heterocycles. The van der Waals surface area contributed by atoms with Crippen molar-refractivity contribution in [2.24, 2.45) is 0 Å². The summed E-state index contributed by atoms with van der Waals surface area (Å²) in [5, 5.41) is 24.5. The highest BCUT2D eigenvalue weighted by molar-refractivity contribution is 7.90. The van der Waals surface area contributed by atoms with Crippen molar-refractivity contribution in [3.8, 4) is 0 Å². The monoisotopic (exact) mass is 461 g/mol. The highest BCUT2D eigenvalue weighted by Gasteiger charge is 2.19. The molecular formula is C20H20FN5O5S. The van der Waals surface area contributed by atoms with Crippen LogP contribution in [0.5, 0.6) is 0 Å². The number of benzene rings is 2. The van der Waals surface area contributed by atoms with Crippen LogP contribution in [0.1, 0.15) is 22.0 Å². The number of rotatable bonds is 8. The van der Waals surface area contributed by atoms with E-state index in [4.69, 9.17) is 5.21 Å². The van der Waals surface area contributed by atoms with Crippen molar-refractivity contribution in [2.45, 2.75) is 10.9 Å². The Bertz CT molecular complexity index is 1220. The van der Waals surface area contributed by atoms with E-state index in [1.54, 1.807) is 24.3 Å². The summed E-state index contributed by atoms with van der Waals surface area (Å²) in [4.78, 5) is 19.7. The van der Waals surface area contributed by atoms with Crippen molar-refractivity contribution in [1.82, 2.24) is 15.4 Å². The number of halogens is 1. The number of hydrogen-bond acceptors (Lipinski definition) is 9. The molecule has 1 amide bonds. The number of sulfone groups is 1. The first kappa shape index (κ1) is 23.1. The molecule has 12 heteroatoms. The number of aliphatic hydroxyl groups is 1. The lowest BCUT2D eigenvalue weighted by Crippen LogP contribution is -2.24. The summed E-state index contributed by atoms with van der Waals surface area (Å²) >= 11 is 0. The predicted molar refractivity (Wildman–Crippen MR) is 114 cm³/mol. The zero-order valence-corrected chi connectivity index (χ0v) is 17.6. The van der Waals surface area contributed by atoms with E-state index in [0.717, 1.165) is 30.1 Å². The van der Waals surface area contributed by atoms with E-state index in [0.29, 0.717) is 0 Å². The Morgan fingerprint density at radius 2 is 1.91 bits per heavy atom. The third-order valence-electron chi connectivity index (χ3n) is 4.42. The van der Waals surface area contributed by atoms with Gasteiger partial charge in [-0.2, -0.15) is 4.98 Å². The minimum absolute atomic E-state index is 0.00909. The molecule has 0 aliphatic rings. The molecule has 0 spiro atoms. The summed E-state index contributed by atoms with van der Waals surface area (Å²) in [5.74, 6) is -1.88. The van der Waals surface area contributed by atoms with Crippen molar-refractivity contribution >= 4 is 33.2 Å². The van der Waals surface area contributed by atoms with Crippen LogP contribution in [0.3, 0.4) is 0 Å². The predicted octanol–water partition coefficient (Wildman–Crippen LogP) is 2.03. The van der Waals surface area contributed by atoms with Gasteiger partial charge in [0.15, 0.2) is 9.84 Å².